The van der Waals surface area contributed by atoms with E-state index in [-0.39, 0.29) is 5.91 Å². The number of amides is 1. The quantitative estimate of drug-likeness (QED) is 0.877. The minimum Gasteiger partial charge on any atom is -0.320 e. The summed E-state index contributed by atoms with van der Waals surface area (Å²) in [7, 11) is 0. The van der Waals surface area contributed by atoms with Gasteiger partial charge in [0.25, 0.3) is 0 Å². The fraction of sp³-hybridized carbons (Fsp3) is 0.333. The van der Waals surface area contributed by atoms with Crippen molar-refractivity contribution in [3.8, 4) is 0 Å². The van der Waals surface area contributed by atoms with Crippen LogP contribution in [0, 0.1) is 6.92 Å². The molecule has 1 atom stereocenters. The highest BCUT2D eigenvalue weighted by molar-refractivity contribution is 7.22. The number of fused-ring (bicyclic) bond motifs is 1. The second-order valence-electron chi connectivity index (χ2n) is 3.99. The van der Waals surface area contributed by atoms with Crippen molar-refractivity contribution >= 4 is 32.6 Å². The summed E-state index contributed by atoms with van der Waals surface area (Å²) in [5.74, 6) is -0.178. The Morgan fingerprint density at radius 1 is 1.59 bits per heavy atom. The molecule has 5 heteroatoms. The van der Waals surface area contributed by atoms with Crippen LogP contribution < -0.4 is 11.1 Å². The summed E-state index contributed by atoms with van der Waals surface area (Å²) in [6.07, 6.45) is 0.621. The molecule has 3 N–H and O–H groups in total. The molecule has 0 aliphatic rings. The number of carbonyl (C=O) groups is 1. The fourth-order valence-corrected chi connectivity index (χ4v) is 2.44. The van der Waals surface area contributed by atoms with Crippen molar-refractivity contribution in [2.45, 2.75) is 26.3 Å². The molecule has 17 heavy (non-hydrogen) atoms. The molecule has 0 radical (unpaired) electrons. The van der Waals surface area contributed by atoms with E-state index in [0.29, 0.717) is 11.6 Å². The Morgan fingerprint density at radius 3 is 3.06 bits per heavy atom. The first-order valence-electron chi connectivity index (χ1n) is 5.53. The minimum absolute atomic E-state index is 0.178. The predicted octanol–water partition coefficient (Wildman–Crippen LogP) is 2.28. The second kappa shape index (κ2) is 4.81. The van der Waals surface area contributed by atoms with Gasteiger partial charge in [-0.25, -0.2) is 4.98 Å². The van der Waals surface area contributed by atoms with E-state index in [1.165, 1.54) is 16.9 Å². The van der Waals surface area contributed by atoms with Crippen molar-refractivity contribution in [1.82, 2.24) is 4.98 Å². The number of aromatic nitrogens is 1. The van der Waals surface area contributed by atoms with Crippen LogP contribution in [0.1, 0.15) is 18.9 Å². The van der Waals surface area contributed by atoms with Crippen LogP contribution in [0.2, 0.25) is 0 Å². The van der Waals surface area contributed by atoms with Gasteiger partial charge in [-0.2, -0.15) is 0 Å². The van der Waals surface area contributed by atoms with E-state index in [0.717, 1.165) is 10.2 Å². The normalized spacial score (nSPS) is 12.6. The number of nitrogens with zero attached hydrogens (tertiary/aromatic N) is 1. The molecule has 1 aromatic carbocycles. The number of anilines is 1. The monoisotopic (exact) mass is 249 g/mol. The number of aryl methyl sites for hydroxylation is 1. The van der Waals surface area contributed by atoms with Crippen molar-refractivity contribution in [2.75, 3.05) is 5.32 Å². The van der Waals surface area contributed by atoms with Gasteiger partial charge in [0, 0.05) is 0 Å². The maximum atomic E-state index is 11.6. The molecule has 2 rings (SSSR count). The van der Waals surface area contributed by atoms with E-state index in [9.17, 15) is 4.79 Å². The molecule has 1 aromatic heterocycles. The predicted molar refractivity (Wildman–Crippen MR) is 71.3 cm³/mol. The Bertz CT molecular complexity index is 550. The van der Waals surface area contributed by atoms with E-state index < -0.39 is 6.04 Å². The number of carbonyl (C=O) groups excluding carboxylic acids is 1. The third kappa shape index (κ3) is 2.62. The van der Waals surface area contributed by atoms with E-state index in [1.54, 1.807) is 0 Å². The molecule has 0 unspecified atom stereocenters. The third-order valence-electron chi connectivity index (χ3n) is 2.55. The van der Waals surface area contributed by atoms with Gasteiger partial charge in [-0.15, -0.1) is 0 Å². The average molecular weight is 249 g/mol. The fourth-order valence-electron chi connectivity index (χ4n) is 1.47. The first kappa shape index (κ1) is 12.0. The molecular weight excluding hydrogens is 234 g/mol. The lowest BCUT2D eigenvalue weighted by Gasteiger charge is -2.06. The van der Waals surface area contributed by atoms with Gasteiger partial charge in [-0.3, -0.25) is 4.79 Å². The highest BCUT2D eigenvalue weighted by Gasteiger charge is 2.13. The number of thiazole rings is 1. The van der Waals surface area contributed by atoms with E-state index in [1.807, 2.05) is 26.0 Å². The van der Waals surface area contributed by atoms with Crippen LogP contribution in [0.25, 0.3) is 10.2 Å². The Labute approximate surface area is 104 Å². The first-order valence-corrected chi connectivity index (χ1v) is 6.35. The number of rotatable bonds is 3. The number of hydrogen-bond donors (Lipinski definition) is 2. The number of benzene rings is 1. The van der Waals surface area contributed by atoms with Crippen molar-refractivity contribution in [3.63, 3.8) is 0 Å². The molecule has 0 aliphatic carbocycles. The molecule has 0 aliphatic heterocycles. The van der Waals surface area contributed by atoms with Crippen molar-refractivity contribution in [2.24, 2.45) is 5.73 Å². The van der Waals surface area contributed by atoms with Crippen LogP contribution in [0.5, 0.6) is 0 Å². The van der Waals surface area contributed by atoms with Crippen LogP contribution in [0.4, 0.5) is 5.13 Å². The molecule has 0 bridgehead atoms. The highest BCUT2D eigenvalue weighted by atomic mass is 32.1. The molecule has 0 fully saturated rings. The molecular formula is C12H15N3OS. The summed E-state index contributed by atoms with van der Waals surface area (Å²) in [5.41, 5.74) is 7.74. The summed E-state index contributed by atoms with van der Waals surface area (Å²) in [4.78, 5) is 16.0. The summed E-state index contributed by atoms with van der Waals surface area (Å²) >= 11 is 1.47. The van der Waals surface area contributed by atoms with Crippen molar-refractivity contribution < 1.29 is 4.79 Å². The van der Waals surface area contributed by atoms with Crippen LogP contribution in [0.15, 0.2) is 18.2 Å². The van der Waals surface area contributed by atoms with Crippen LogP contribution in [-0.4, -0.2) is 16.9 Å². The molecule has 90 valence electrons. The van der Waals surface area contributed by atoms with Crippen LogP contribution in [0.3, 0.4) is 0 Å². The number of nitrogens with two attached hydrogens (primary N) is 1. The highest BCUT2D eigenvalue weighted by Crippen LogP contribution is 2.26. The lowest BCUT2D eigenvalue weighted by atomic mass is 10.2. The van der Waals surface area contributed by atoms with Gasteiger partial charge in [0.15, 0.2) is 5.13 Å². The van der Waals surface area contributed by atoms with Gasteiger partial charge in [0.05, 0.1) is 16.3 Å². The standard InChI is InChI=1S/C12H15N3OS/c1-3-8(13)11(16)15-12-14-9-5-4-7(2)6-10(9)17-12/h4-6,8H,3,13H2,1-2H3,(H,14,15,16)/t8-/m0/s1. The van der Waals surface area contributed by atoms with Gasteiger partial charge in [-0.05, 0) is 31.0 Å². The largest absolute Gasteiger partial charge is 0.320 e. The Hall–Kier alpha value is -1.46. The van der Waals surface area contributed by atoms with E-state index in [4.69, 9.17) is 5.73 Å². The van der Waals surface area contributed by atoms with Gasteiger partial charge < -0.3 is 11.1 Å². The molecule has 4 nitrogen and oxygen atoms in total. The topological polar surface area (TPSA) is 68.0 Å². The maximum Gasteiger partial charge on any atom is 0.243 e. The lowest BCUT2D eigenvalue weighted by molar-refractivity contribution is -0.117. The van der Waals surface area contributed by atoms with E-state index in [2.05, 4.69) is 16.4 Å². The molecule has 1 amide bonds. The Balaban J connectivity index is 2.22. The molecule has 0 saturated heterocycles. The molecule has 0 spiro atoms. The zero-order chi connectivity index (χ0) is 12.4. The SMILES string of the molecule is CC[C@H](N)C(=O)Nc1nc2ccc(C)cc2s1. The second-order valence-corrected chi connectivity index (χ2v) is 5.02. The van der Waals surface area contributed by atoms with Gasteiger partial charge in [0.2, 0.25) is 5.91 Å². The van der Waals surface area contributed by atoms with E-state index >= 15 is 0 Å². The zero-order valence-corrected chi connectivity index (χ0v) is 10.7. The maximum absolute atomic E-state index is 11.6. The molecule has 1 heterocycles. The van der Waals surface area contributed by atoms with Crippen molar-refractivity contribution in [3.05, 3.63) is 23.8 Å². The summed E-state index contributed by atoms with van der Waals surface area (Å²) in [5, 5.41) is 3.36. The molecule has 0 saturated carbocycles. The summed E-state index contributed by atoms with van der Waals surface area (Å²) < 4.78 is 1.07. The minimum atomic E-state index is -0.469. The number of nitrogens with one attached hydrogen (secondary N) is 1. The Morgan fingerprint density at radius 2 is 2.35 bits per heavy atom. The Kier molecular flexibility index (Phi) is 3.40. The number of hydrogen-bond acceptors (Lipinski definition) is 4. The van der Waals surface area contributed by atoms with Gasteiger partial charge in [-0.1, -0.05) is 24.3 Å². The zero-order valence-electron chi connectivity index (χ0n) is 9.86. The average Bonchev–Trinajstić information content (AvgIpc) is 2.69. The van der Waals surface area contributed by atoms with Crippen molar-refractivity contribution in [1.29, 1.82) is 0 Å². The summed E-state index contributed by atoms with van der Waals surface area (Å²) in [6.45, 7) is 3.91. The third-order valence-corrected chi connectivity index (χ3v) is 3.48. The molecule has 2 aromatic rings. The van der Waals surface area contributed by atoms with Crippen LogP contribution in [-0.2, 0) is 4.79 Å². The first-order chi connectivity index (χ1) is 8.10. The smallest absolute Gasteiger partial charge is 0.243 e. The summed E-state index contributed by atoms with van der Waals surface area (Å²) in [6, 6.07) is 5.55. The van der Waals surface area contributed by atoms with Gasteiger partial charge in [0.1, 0.15) is 0 Å². The van der Waals surface area contributed by atoms with Crippen LogP contribution >= 0.6 is 11.3 Å². The lowest BCUT2D eigenvalue weighted by Crippen LogP contribution is -2.34. The van der Waals surface area contributed by atoms with Gasteiger partial charge >= 0.3 is 0 Å².